The van der Waals surface area contributed by atoms with E-state index in [1.54, 1.807) is 12.1 Å². The summed E-state index contributed by atoms with van der Waals surface area (Å²) in [5.74, 6) is 0.213. The van der Waals surface area contributed by atoms with Crippen LogP contribution in [-0.4, -0.2) is 42.8 Å². The number of oxime groups is 1. The summed E-state index contributed by atoms with van der Waals surface area (Å²) in [6.07, 6.45) is -4.25. The molecule has 8 heteroatoms. The average Bonchev–Trinajstić information content (AvgIpc) is 2.35. The van der Waals surface area contributed by atoms with Gasteiger partial charge in [0.05, 0.1) is 19.2 Å². The van der Waals surface area contributed by atoms with Gasteiger partial charge in [-0.15, -0.1) is 0 Å². The average molecular weight is 291 g/mol. The highest BCUT2D eigenvalue weighted by molar-refractivity contribution is 5.99. The van der Waals surface area contributed by atoms with Crippen molar-refractivity contribution in [3.8, 4) is 5.75 Å². The van der Waals surface area contributed by atoms with E-state index in [0.29, 0.717) is 16.9 Å². The molecule has 20 heavy (non-hydrogen) atoms. The molecule has 1 rings (SSSR count). The Bertz CT molecular complexity index is 489. The molecule has 0 aliphatic carbocycles. The summed E-state index contributed by atoms with van der Waals surface area (Å²) in [6.45, 7) is -0.937. The van der Waals surface area contributed by atoms with Crippen molar-refractivity contribution in [3.63, 3.8) is 0 Å². The van der Waals surface area contributed by atoms with E-state index < -0.39 is 12.7 Å². The summed E-state index contributed by atoms with van der Waals surface area (Å²) >= 11 is 0. The summed E-state index contributed by atoms with van der Waals surface area (Å²) < 4.78 is 41.8. The maximum atomic E-state index is 12.3. The van der Waals surface area contributed by atoms with Gasteiger partial charge in [0.25, 0.3) is 0 Å². The fourth-order valence-corrected chi connectivity index (χ4v) is 1.78. The number of hydrogen-bond donors (Lipinski definition) is 2. The van der Waals surface area contributed by atoms with Crippen LogP contribution in [0.4, 0.5) is 13.2 Å². The first-order valence-electron chi connectivity index (χ1n) is 5.67. The van der Waals surface area contributed by atoms with Gasteiger partial charge in [0.2, 0.25) is 0 Å². The minimum Gasteiger partial charge on any atom is -0.496 e. The Balaban J connectivity index is 2.92. The molecule has 0 radical (unpaired) electrons. The molecule has 0 saturated heterocycles. The molecule has 0 heterocycles. The first-order valence-corrected chi connectivity index (χ1v) is 5.67. The van der Waals surface area contributed by atoms with Crippen molar-refractivity contribution in [1.82, 2.24) is 4.90 Å². The van der Waals surface area contributed by atoms with Crippen LogP contribution in [0.5, 0.6) is 5.75 Å². The maximum absolute atomic E-state index is 12.3. The minimum absolute atomic E-state index is 0.0786. The molecule has 0 fully saturated rings. The topological polar surface area (TPSA) is 71.1 Å². The normalized spacial score (nSPS) is 12.8. The number of nitrogens with two attached hydrogens (primary N) is 1. The van der Waals surface area contributed by atoms with Crippen LogP contribution >= 0.6 is 0 Å². The van der Waals surface area contributed by atoms with E-state index in [4.69, 9.17) is 15.7 Å². The fraction of sp³-hybridized carbons (Fsp3) is 0.417. The maximum Gasteiger partial charge on any atom is 0.401 e. The van der Waals surface area contributed by atoms with Gasteiger partial charge in [-0.05, 0) is 24.7 Å². The van der Waals surface area contributed by atoms with Crippen LogP contribution in [0.25, 0.3) is 0 Å². The molecule has 0 saturated carbocycles. The number of nitrogens with zero attached hydrogens (tertiary/aromatic N) is 2. The largest absolute Gasteiger partial charge is 0.496 e. The van der Waals surface area contributed by atoms with E-state index in [0.717, 1.165) is 4.90 Å². The number of rotatable bonds is 5. The van der Waals surface area contributed by atoms with E-state index in [9.17, 15) is 13.2 Å². The van der Waals surface area contributed by atoms with Gasteiger partial charge in [-0.2, -0.15) is 13.2 Å². The number of halogens is 3. The Morgan fingerprint density at radius 3 is 2.60 bits per heavy atom. The third kappa shape index (κ3) is 4.61. The van der Waals surface area contributed by atoms with Crippen LogP contribution in [0.15, 0.2) is 23.4 Å². The fourth-order valence-electron chi connectivity index (χ4n) is 1.78. The lowest BCUT2D eigenvalue weighted by atomic mass is 10.1. The van der Waals surface area contributed by atoms with E-state index >= 15 is 0 Å². The Hall–Kier alpha value is -1.96. The van der Waals surface area contributed by atoms with Gasteiger partial charge >= 0.3 is 6.18 Å². The van der Waals surface area contributed by atoms with Crippen molar-refractivity contribution in [2.24, 2.45) is 10.9 Å². The second kappa shape index (κ2) is 6.47. The number of alkyl halides is 3. The highest BCUT2D eigenvalue weighted by atomic mass is 19.4. The molecule has 112 valence electrons. The molecule has 0 aliphatic rings. The molecule has 0 amide bonds. The van der Waals surface area contributed by atoms with Crippen molar-refractivity contribution in [1.29, 1.82) is 0 Å². The molecule has 0 unspecified atom stereocenters. The third-order valence-corrected chi connectivity index (χ3v) is 2.55. The van der Waals surface area contributed by atoms with Crippen molar-refractivity contribution in [3.05, 3.63) is 29.3 Å². The summed E-state index contributed by atoms with van der Waals surface area (Å²) in [4.78, 5) is 1.12. The predicted molar refractivity (Wildman–Crippen MR) is 67.9 cm³/mol. The Kier molecular flexibility index (Phi) is 5.20. The number of hydrogen-bond acceptors (Lipinski definition) is 4. The molecule has 0 atom stereocenters. The standard InChI is InChI=1S/C12H16F3N3O2/c1-18(7-12(13,14)15)6-8-3-4-10(20-2)9(5-8)11(16)17-19/h3-5,19H,6-7H2,1-2H3,(H2,16,17). The van der Waals surface area contributed by atoms with Crippen LogP contribution in [0.1, 0.15) is 11.1 Å². The van der Waals surface area contributed by atoms with Crippen molar-refractivity contribution < 1.29 is 23.1 Å². The first kappa shape index (κ1) is 16.1. The SMILES string of the molecule is COc1ccc(CN(C)CC(F)(F)F)cc1C(N)=NO. The Morgan fingerprint density at radius 1 is 1.45 bits per heavy atom. The van der Waals surface area contributed by atoms with Crippen LogP contribution in [0.3, 0.4) is 0 Å². The highest BCUT2D eigenvalue weighted by Crippen LogP contribution is 2.22. The summed E-state index contributed by atoms with van der Waals surface area (Å²) in [7, 11) is 2.78. The summed E-state index contributed by atoms with van der Waals surface area (Å²) in [6, 6.07) is 4.71. The first-order chi connectivity index (χ1) is 9.26. The number of amidine groups is 1. The molecular weight excluding hydrogens is 275 g/mol. The van der Waals surface area contributed by atoms with Gasteiger partial charge in [-0.25, -0.2) is 0 Å². The zero-order valence-electron chi connectivity index (χ0n) is 11.1. The van der Waals surface area contributed by atoms with Gasteiger partial charge in [0.15, 0.2) is 5.84 Å². The van der Waals surface area contributed by atoms with Gasteiger partial charge in [0, 0.05) is 6.54 Å². The van der Waals surface area contributed by atoms with E-state index in [1.165, 1.54) is 20.2 Å². The zero-order chi connectivity index (χ0) is 15.3. The quantitative estimate of drug-likeness (QED) is 0.375. The van der Waals surface area contributed by atoms with Crippen molar-refractivity contribution in [2.75, 3.05) is 20.7 Å². The molecular formula is C12H16F3N3O2. The molecule has 0 spiro atoms. The molecule has 3 N–H and O–H groups in total. The summed E-state index contributed by atoms with van der Waals surface area (Å²) in [5, 5.41) is 11.5. The lowest BCUT2D eigenvalue weighted by Crippen LogP contribution is -2.30. The Morgan fingerprint density at radius 2 is 2.10 bits per heavy atom. The molecule has 5 nitrogen and oxygen atoms in total. The summed E-state index contributed by atoms with van der Waals surface area (Å²) in [5.41, 5.74) is 6.42. The second-order valence-electron chi connectivity index (χ2n) is 4.31. The smallest absolute Gasteiger partial charge is 0.401 e. The highest BCUT2D eigenvalue weighted by Gasteiger charge is 2.29. The van der Waals surface area contributed by atoms with Crippen LogP contribution in [-0.2, 0) is 6.54 Å². The lowest BCUT2D eigenvalue weighted by Gasteiger charge is -2.19. The third-order valence-electron chi connectivity index (χ3n) is 2.55. The molecule has 1 aromatic carbocycles. The van der Waals surface area contributed by atoms with Crippen molar-refractivity contribution in [2.45, 2.75) is 12.7 Å². The lowest BCUT2D eigenvalue weighted by molar-refractivity contribution is -0.144. The molecule has 0 bridgehead atoms. The monoisotopic (exact) mass is 291 g/mol. The minimum atomic E-state index is -4.25. The Labute approximate surface area is 114 Å². The van der Waals surface area contributed by atoms with Crippen LogP contribution in [0.2, 0.25) is 0 Å². The van der Waals surface area contributed by atoms with Gasteiger partial charge in [-0.3, -0.25) is 4.90 Å². The number of ether oxygens (including phenoxy) is 1. The molecule has 0 aromatic heterocycles. The second-order valence-corrected chi connectivity index (χ2v) is 4.31. The van der Waals surface area contributed by atoms with E-state index in [1.807, 2.05) is 0 Å². The van der Waals surface area contributed by atoms with Gasteiger partial charge in [-0.1, -0.05) is 11.2 Å². The number of methoxy groups -OCH3 is 1. The van der Waals surface area contributed by atoms with Crippen LogP contribution < -0.4 is 10.5 Å². The predicted octanol–water partition coefficient (Wildman–Crippen LogP) is 1.78. The molecule has 1 aromatic rings. The van der Waals surface area contributed by atoms with Crippen molar-refractivity contribution >= 4 is 5.84 Å². The number of benzene rings is 1. The zero-order valence-corrected chi connectivity index (χ0v) is 11.1. The molecule has 0 aliphatic heterocycles. The van der Waals surface area contributed by atoms with E-state index in [2.05, 4.69) is 5.16 Å². The van der Waals surface area contributed by atoms with Gasteiger partial charge < -0.3 is 15.7 Å². The van der Waals surface area contributed by atoms with Gasteiger partial charge in [0.1, 0.15) is 5.75 Å². The van der Waals surface area contributed by atoms with E-state index in [-0.39, 0.29) is 12.4 Å². The van der Waals surface area contributed by atoms with Crippen LogP contribution in [0, 0.1) is 0 Å².